The molecule has 1 aromatic heterocycles. The molecule has 0 aliphatic carbocycles. The maximum absolute atomic E-state index is 14.4. The Kier molecular flexibility index (Phi) is 7.36. The lowest BCUT2D eigenvalue weighted by Crippen LogP contribution is -2.28. The summed E-state index contributed by atoms with van der Waals surface area (Å²) in [6.45, 7) is -0.0570. The lowest BCUT2D eigenvalue weighted by Gasteiger charge is -2.12. The van der Waals surface area contributed by atoms with E-state index in [-0.39, 0.29) is 24.4 Å². The Labute approximate surface area is 210 Å². The summed E-state index contributed by atoms with van der Waals surface area (Å²) < 4.78 is 16.2. The number of anilines is 1. The molecule has 1 amide bonds. The minimum atomic E-state index is -0.450. The van der Waals surface area contributed by atoms with Gasteiger partial charge in [0, 0.05) is 35.2 Å². The molecule has 0 atom stereocenters. The number of amides is 1. The van der Waals surface area contributed by atoms with Gasteiger partial charge in [-0.1, -0.05) is 52.3 Å². The molecule has 0 radical (unpaired) electrons. The molecule has 0 saturated carbocycles. The molecule has 0 saturated heterocycles. The number of benzene rings is 3. The molecular weight excluding hydrogens is 513 g/mol. The molecule has 4 rings (SSSR count). The number of hydrogen-bond donors (Lipinski definition) is 1. The zero-order valence-electron chi connectivity index (χ0n) is 19.2. The predicted octanol–water partition coefficient (Wildman–Crippen LogP) is 4.11. The average molecular weight is 536 g/mol. The van der Waals surface area contributed by atoms with Gasteiger partial charge in [0.1, 0.15) is 5.82 Å². The summed E-state index contributed by atoms with van der Waals surface area (Å²) in [7, 11) is 3.92. The van der Waals surface area contributed by atoms with Crippen LogP contribution < -0.4 is 15.9 Å². The SMILES string of the molecule is CN(C)c1ccc(/C=N/NC(=O)Cc2nn(Cc3ccc(Br)cc3F)c(=O)c3ccccc23)cc1. The average Bonchev–Trinajstić information content (AvgIpc) is 2.84. The molecule has 0 fully saturated rings. The lowest BCUT2D eigenvalue weighted by molar-refractivity contribution is -0.120. The van der Waals surface area contributed by atoms with Crippen molar-refractivity contribution in [2.75, 3.05) is 19.0 Å². The van der Waals surface area contributed by atoms with E-state index in [1.807, 2.05) is 43.3 Å². The van der Waals surface area contributed by atoms with Crippen molar-refractivity contribution in [2.24, 2.45) is 5.10 Å². The monoisotopic (exact) mass is 535 g/mol. The topological polar surface area (TPSA) is 79.6 Å². The Hall–Kier alpha value is -3.85. The first kappa shape index (κ1) is 24.3. The molecule has 178 valence electrons. The van der Waals surface area contributed by atoms with Crippen LogP contribution in [0.4, 0.5) is 10.1 Å². The Bertz CT molecular complexity index is 1470. The Morgan fingerprint density at radius 2 is 1.83 bits per heavy atom. The van der Waals surface area contributed by atoms with Crippen LogP contribution in [-0.4, -0.2) is 36.0 Å². The molecule has 3 aromatic carbocycles. The third-order valence-electron chi connectivity index (χ3n) is 5.42. The summed E-state index contributed by atoms with van der Waals surface area (Å²) in [6, 6.07) is 19.3. The molecule has 7 nitrogen and oxygen atoms in total. The van der Waals surface area contributed by atoms with Gasteiger partial charge >= 0.3 is 0 Å². The van der Waals surface area contributed by atoms with Crippen LogP contribution in [0.5, 0.6) is 0 Å². The zero-order chi connectivity index (χ0) is 24.9. The number of fused-ring (bicyclic) bond motifs is 1. The van der Waals surface area contributed by atoms with Gasteiger partial charge in [-0.15, -0.1) is 0 Å². The first-order valence-electron chi connectivity index (χ1n) is 10.8. The fourth-order valence-electron chi connectivity index (χ4n) is 3.58. The van der Waals surface area contributed by atoms with E-state index in [1.54, 1.807) is 42.6 Å². The summed E-state index contributed by atoms with van der Waals surface area (Å²) in [5.74, 6) is -0.836. The predicted molar refractivity (Wildman–Crippen MR) is 139 cm³/mol. The Morgan fingerprint density at radius 3 is 2.51 bits per heavy atom. The van der Waals surface area contributed by atoms with E-state index in [2.05, 4.69) is 31.6 Å². The zero-order valence-corrected chi connectivity index (χ0v) is 20.8. The Morgan fingerprint density at radius 1 is 1.11 bits per heavy atom. The number of nitrogens with zero attached hydrogens (tertiary/aromatic N) is 4. The molecule has 0 unspecified atom stereocenters. The van der Waals surface area contributed by atoms with E-state index >= 15 is 0 Å². The Balaban J connectivity index is 1.55. The van der Waals surface area contributed by atoms with Crippen molar-refractivity contribution in [2.45, 2.75) is 13.0 Å². The number of carbonyl (C=O) groups excluding carboxylic acids is 1. The van der Waals surface area contributed by atoms with E-state index < -0.39 is 5.82 Å². The molecule has 1 N–H and O–H groups in total. The minimum Gasteiger partial charge on any atom is -0.378 e. The maximum Gasteiger partial charge on any atom is 0.274 e. The van der Waals surface area contributed by atoms with E-state index in [0.29, 0.717) is 26.5 Å². The summed E-state index contributed by atoms with van der Waals surface area (Å²) in [5, 5.41) is 9.41. The normalized spacial score (nSPS) is 11.2. The van der Waals surface area contributed by atoms with Crippen molar-refractivity contribution in [1.82, 2.24) is 15.2 Å². The van der Waals surface area contributed by atoms with Gasteiger partial charge in [0.2, 0.25) is 5.91 Å². The van der Waals surface area contributed by atoms with Gasteiger partial charge in [0.25, 0.3) is 5.56 Å². The van der Waals surface area contributed by atoms with E-state index in [1.165, 1.54) is 10.7 Å². The molecule has 4 aromatic rings. The van der Waals surface area contributed by atoms with Crippen molar-refractivity contribution in [1.29, 1.82) is 0 Å². The first-order valence-corrected chi connectivity index (χ1v) is 11.6. The number of carbonyl (C=O) groups is 1. The van der Waals surface area contributed by atoms with Crippen LogP contribution in [0.15, 0.2) is 81.1 Å². The number of aromatic nitrogens is 2. The van der Waals surface area contributed by atoms with Gasteiger partial charge in [-0.3, -0.25) is 9.59 Å². The van der Waals surface area contributed by atoms with Crippen molar-refractivity contribution < 1.29 is 9.18 Å². The maximum atomic E-state index is 14.4. The second kappa shape index (κ2) is 10.6. The molecule has 0 aliphatic heterocycles. The van der Waals surface area contributed by atoms with Gasteiger partial charge in [0.05, 0.1) is 30.3 Å². The van der Waals surface area contributed by atoms with Crippen LogP contribution in [0.3, 0.4) is 0 Å². The largest absolute Gasteiger partial charge is 0.378 e. The number of hydrogen-bond acceptors (Lipinski definition) is 5. The molecule has 0 bridgehead atoms. The van der Waals surface area contributed by atoms with Gasteiger partial charge in [-0.05, 0) is 35.9 Å². The molecule has 1 heterocycles. The highest BCUT2D eigenvalue weighted by molar-refractivity contribution is 9.10. The van der Waals surface area contributed by atoms with Crippen molar-refractivity contribution in [3.8, 4) is 0 Å². The van der Waals surface area contributed by atoms with Crippen LogP contribution >= 0.6 is 15.9 Å². The lowest BCUT2D eigenvalue weighted by atomic mass is 10.1. The fourth-order valence-corrected chi connectivity index (χ4v) is 3.92. The van der Waals surface area contributed by atoms with Crippen molar-refractivity contribution in [3.63, 3.8) is 0 Å². The standard InChI is InChI=1S/C26H23BrFN5O2/c1-32(2)20-11-7-17(8-12-20)15-29-30-25(34)14-24-21-5-3-4-6-22(21)26(35)33(31-24)16-18-9-10-19(27)13-23(18)28/h3-13,15H,14,16H2,1-2H3,(H,30,34)/b29-15+. The van der Waals surface area contributed by atoms with Gasteiger partial charge in [0.15, 0.2) is 0 Å². The smallest absolute Gasteiger partial charge is 0.274 e. The summed E-state index contributed by atoms with van der Waals surface area (Å²) in [4.78, 5) is 27.6. The number of nitrogens with one attached hydrogen (secondary N) is 1. The highest BCUT2D eigenvalue weighted by atomic mass is 79.9. The van der Waals surface area contributed by atoms with E-state index in [4.69, 9.17) is 0 Å². The van der Waals surface area contributed by atoms with Crippen LogP contribution in [-0.2, 0) is 17.8 Å². The van der Waals surface area contributed by atoms with Crippen LogP contribution in [0.25, 0.3) is 10.8 Å². The van der Waals surface area contributed by atoms with Crippen LogP contribution in [0, 0.1) is 5.82 Å². The third-order valence-corrected chi connectivity index (χ3v) is 5.91. The molecule has 0 spiro atoms. The molecule has 9 heteroatoms. The van der Waals surface area contributed by atoms with Gasteiger partial charge in [-0.25, -0.2) is 14.5 Å². The van der Waals surface area contributed by atoms with Gasteiger partial charge in [-0.2, -0.15) is 10.2 Å². The summed E-state index contributed by atoms with van der Waals surface area (Å²) >= 11 is 3.23. The summed E-state index contributed by atoms with van der Waals surface area (Å²) in [5.41, 5.74) is 4.77. The molecular formula is C26H23BrFN5O2. The highest BCUT2D eigenvalue weighted by Crippen LogP contribution is 2.18. The molecule has 0 aliphatic rings. The molecule has 35 heavy (non-hydrogen) atoms. The van der Waals surface area contributed by atoms with Gasteiger partial charge < -0.3 is 4.90 Å². The third kappa shape index (κ3) is 5.81. The fraction of sp³-hybridized carbons (Fsp3) is 0.154. The number of rotatable bonds is 7. The first-order chi connectivity index (χ1) is 16.8. The second-order valence-corrected chi connectivity index (χ2v) is 9.06. The van der Waals surface area contributed by atoms with Crippen molar-refractivity contribution >= 4 is 44.5 Å². The van der Waals surface area contributed by atoms with Crippen LogP contribution in [0.1, 0.15) is 16.8 Å². The second-order valence-electron chi connectivity index (χ2n) is 8.15. The highest BCUT2D eigenvalue weighted by Gasteiger charge is 2.15. The van der Waals surface area contributed by atoms with Crippen molar-refractivity contribution in [3.05, 3.63) is 104 Å². The minimum absolute atomic E-state index is 0.0570. The van der Waals surface area contributed by atoms with E-state index in [0.717, 1.165) is 11.3 Å². The van der Waals surface area contributed by atoms with E-state index in [9.17, 15) is 14.0 Å². The quantitative estimate of drug-likeness (QED) is 0.285. The number of halogens is 2. The number of hydrazone groups is 1. The summed E-state index contributed by atoms with van der Waals surface area (Å²) in [6.07, 6.45) is 1.46. The van der Waals surface area contributed by atoms with Crippen LogP contribution in [0.2, 0.25) is 0 Å².